The smallest absolute Gasteiger partial charge is 0.346 e. The third kappa shape index (κ3) is 4.28. The minimum Gasteiger partial charge on any atom is -0.403 e. The average molecular weight is 517 g/mol. The van der Waals surface area contributed by atoms with Gasteiger partial charge in [0.2, 0.25) is 11.7 Å². The largest absolute Gasteiger partial charge is 0.403 e. The summed E-state index contributed by atoms with van der Waals surface area (Å²) in [6.07, 6.45) is 1.04. The Morgan fingerprint density at radius 1 is 1.12 bits per heavy atom. The van der Waals surface area contributed by atoms with E-state index in [4.69, 9.17) is 27.9 Å². The van der Waals surface area contributed by atoms with Crippen molar-refractivity contribution in [2.24, 2.45) is 7.05 Å². The number of fused-ring (bicyclic) bond motifs is 1. The zero-order valence-electron chi connectivity index (χ0n) is 20.0. The number of thioether (sulfide) groups is 1. The summed E-state index contributed by atoms with van der Waals surface area (Å²) in [4.78, 5) is 28.1. The number of ketones is 1. The molecule has 0 amide bonds. The summed E-state index contributed by atoms with van der Waals surface area (Å²) in [6, 6.07) is 6.47. The Labute approximate surface area is 213 Å². The molecule has 2 aromatic carbocycles. The number of esters is 1. The predicted octanol–water partition coefficient (Wildman–Crippen LogP) is 6.88. The first-order chi connectivity index (χ1) is 15.9. The number of hydrogen-bond donors (Lipinski definition) is 0. The third-order valence-electron chi connectivity index (χ3n) is 6.36. The number of aryl methyl sites for hydroxylation is 3. The Bertz CT molecular complexity index is 1340. The number of nitrogens with zero attached hydrogens (tertiary/aromatic N) is 2. The van der Waals surface area contributed by atoms with Gasteiger partial charge in [-0.2, -0.15) is 5.10 Å². The minimum atomic E-state index is -0.686. The van der Waals surface area contributed by atoms with E-state index in [1.54, 1.807) is 20.0 Å². The lowest BCUT2D eigenvalue weighted by atomic mass is 9.76. The number of hydrogen-bond acceptors (Lipinski definition) is 5. The van der Waals surface area contributed by atoms with Crippen molar-refractivity contribution in [2.45, 2.75) is 51.3 Å². The maximum atomic E-state index is 13.9. The van der Waals surface area contributed by atoms with Gasteiger partial charge in [0.05, 0.1) is 16.3 Å². The Balaban J connectivity index is 1.79. The SMILES string of the molecule is Cc1cc(C(=O)c2c(C)nn(C)c2OC(=O)c2ccc(Cl)cc2Cl)c(C)c2c1SCCC2(C)C. The summed E-state index contributed by atoms with van der Waals surface area (Å²) in [7, 11) is 1.64. The number of aromatic nitrogens is 2. The molecule has 4 rings (SSSR count). The number of ether oxygens (including phenoxy) is 1. The van der Waals surface area contributed by atoms with Crippen LogP contribution in [0.3, 0.4) is 0 Å². The Kier molecular flexibility index (Phi) is 6.62. The summed E-state index contributed by atoms with van der Waals surface area (Å²) in [5.41, 5.74) is 4.74. The van der Waals surface area contributed by atoms with Crippen molar-refractivity contribution < 1.29 is 14.3 Å². The van der Waals surface area contributed by atoms with Gasteiger partial charge >= 0.3 is 5.97 Å². The van der Waals surface area contributed by atoms with Crippen LogP contribution in [0.15, 0.2) is 29.2 Å². The molecule has 8 heteroatoms. The molecular formula is C26H26Cl2N2O3S. The number of rotatable bonds is 4. The molecule has 0 fully saturated rings. The second kappa shape index (κ2) is 9.06. The van der Waals surface area contributed by atoms with Crippen LogP contribution < -0.4 is 4.74 Å². The van der Waals surface area contributed by atoms with Crippen molar-refractivity contribution in [3.63, 3.8) is 0 Å². The molecule has 1 aromatic heterocycles. The normalized spacial score (nSPS) is 14.6. The molecule has 0 saturated heterocycles. The highest BCUT2D eigenvalue weighted by molar-refractivity contribution is 7.99. The van der Waals surface area contributed by atoms with Gasteiger partial charge in [-0.05, 0) is 79.3 Å². The topological polar surface area (TPSA) is 61.2 Å². The molecule has 0 aliphatic carbocycles. The molecule has 34 heavy (non-hydrogen) atoms. The Morgan fingerprint density at radius 2 is 1.82 bits per heavy atom. The first-order valence-electron chi connectivity index (χ1n) is 11.0. The van der Waals surface area contributed by atoms with Crippen LogP contribution in [0, 0.1) is 20.8 Å². The molecule has 0 atom stereocenters. The van der Waals surface area contributed by atoms with Crippen molar-refractivity contribution in [2.75, 3.05) is 5.75 Å². The number of benzene rings is 2. The van der Waals surface area contributed by atoms with Crippen molar-refractivity contribution >= 4 is 46.7 Å². The van der Waals surface area contributed by atoms with Crippen molar-refractivity contribution in [1.29, 1.82) is 0 Å². The first kappa shape index (κ1) is 24.8. The highest BCUT2D eigenvalue weighted by atomic mass is 35.5. The fourth-order valence-electron chi connectivity index (χ4n) is 4.61. The highest BCUT2D eigenvalue weighted by Gasteiger charge is 2.34. The van der Waals surface area contributed by atoms with Crippen LogP contribution in [0.25, 0.3) is 0 Å². The summed E-state index contributed by atoms with van der Waals surface area (Å²) >= 11 is 14.0. The molecule has 1 aliphatic rings. The molecular weight excluding hydrogens is 491 g/mol. The molecule has 0 unspecified atom stereocenters. The van der Waals surface area contributed by atoms with Crippen LogP contribution in [0.4, 0.5) is 0 Å². The molecule has 0 N–H and O–H groups in total. The number of halogens is 2. The van der Waals surface area contributed by atoms with Gasteiger partial charge < -0.3 is 4.74 Å². The van der Waals surface area contributed by atoms with Crippen molar-refractivity contribution in [3.8, 4) is 5.88 Å². The average Bonchev–Trinajstić information content (AvgIpc) is 3.02. The maximum Gasteiger partial charge on any atom is 0.346 e. The van der Waals surface area contributed by atoms with E-state index in [2.05, 4.69) is 18.9 Å². The van der Waals surface area contributed by atoms with E-state index in [0.717, 1.165) is 23.3 Å². The van der Waals surface area contributed by atoms with E-state index >= 15 is 0 Å². The number of carbonyl (C=O) groups excluding carboxylic acids is 2. The zero-order valence-corrected chi connectivity index (χ0v) is 22.3. The van der Waals surface area contributed by atoms with Crippen LogP contribution in [-0.2, 0) is 12.5 Å². The summed E-state index contributed by atoms with van der Waals surface area (Å²) in [5, 5.41) is 4.95. The van der Waals surface area contributed by atoms with E-state index in [1.807, 2.05) is 31.7 Å². The summed E-state index contributed by atoms with van der Waals surface area (Å²) < 4.78 is 7.09. The van der Waals surface area contributed by atoms with E-state index in [9.17, 15) is 9.59 Å². The lowest BCUT2D eigenvalue weighted by molar-refractivity contribution is 0.0718. The van der Waals surface area contributed by atoms with E-state index < -0.39 is 5.97 Å². The molecule has 5 nitrogen and oxygen atoms in total. The van der Waals surface area contributed by atoms with Gasteiger partial charge in [0.25, 0.3) is 0 Å². The van der Waals surface area contributed by atoms with Gasteiger partial charge in [0.1, 0.15) is 5.56 Å². The van der Waals surface area contributed by atoms with Crippen LogP contribution in [0.5, 0.6) is 5.88 Å². The first-order valence-corrected chi connectivity index (χ1v) is 12.7. The summed E-state index contributed by atoms with van der Waals surface area (Å²) in [5.74, 6) is 0.240. The third-order valence-corrected chi connectivity index (χ3v) is 8.13. The van der Waals surface area contributed by atoms with Gasteiger partial charge in [-0.15, -0.1) is 11.8 Å². The molecule has 2 heterocycles. The number of carbonyl (C=O) groups is 2. The molecule has 0 radical (unpaired) electrons. The van der Waals surface area contributed by atoms with Crippen LogP contribution in [0.2, 0.25) is 10.0 Å². The van der Waals surface area contributed by atoms with Crippen LogP contribution in [0.1, 0.15) is 68.9 Å². The molecule has 1 aliphatic heterocycles. The lowest BCUT2D eigenvalue weighted by Crippen LogP contribution is -2.26. The van der Waals surface area contributed by atoms with Gasteiger partial charge in [-0.3, -0.25) is 4.79 Å². The van der Waals surface area contributed by atoms with Gasteiger partial charge in [0, 0.05) is 22.5 Å². The zero-order chi connectivity index (χ0) is 24.9. The maximum absolute atomic E-state index is 13.9. The van der Waals surface area contributed by atoms with Crippen molar-refractivity contribution in [1.82, 2.24) is 9.78 Å². The molecule has 3 aromatic rings. The van der Waals surface area contributed by atoms with Gasteiger partial charge in [0.15, 0.2) is 0 Å². The fourth-order valence-corrected chi connectivity index (χ4v) is 6.77. The molecule has 178 valence electrons. The second-order valence-electron chi connectivity index (χ2n) is 9.28. The minimum absolute atomic E-state index is 0.0314. The highest BCUT2D eigenvalue weighted by Crippen LogP contribution is 2.46. The molecule has 0 bridgehead atoms. The lowest BCUT2D eigenvalue weighted by Gasteiger charge is -2.35. The van der Waals surface area contributed by atoms with Crippen LogP contribution >= 0.6 is 35.0 Å². The Hall–Kier alpha value is -2.28. The fraction of sp³-hybridized carbons (Fsp3) is 0.346. The van der Waals surface area contributed by atoms with Crippen LogP contribution in [-0.4, -0.2) is 27.3 Å². The quantitative estimate of drug-likeness (QED) is 0.279. The van der Waals surface area contributed by atoms with Gasteiger partial charge in [-0.1, -0.05) is 37.0 Å². The van der Waals surface area contributed by atoms with Gasteiger partial charge in [-0.25, -0.2) is 9.48 Å². The molecule has 0 spiro atoms. The second-order valence-corrected chi connectivity index (χ2v) is 11.2. The van der Waals surface area contributed by atoms with Crippen molar-refractivity contribution in [3.05, 3.63) is 73.4 Å². The Morgan fingerprint density at radius 3 is 2.50 bits per heavy atom. The van der Waals surface area contributed by atoms with E-state index in [1.165, 1.54) is 27.3 Å². The predicted molar refractivity (Wildman–Crippen MR) is 137 cm³/mol. The van der Waals surface area contributed by atoms with E-state index in [0.29, 0.717) is 16.3 Å². The monoisotopic (exact) mass is 516 g/mol. The standard InChI is InChI=1S/C26H26Cl2N2O3S/c1-13-11-18(14(2)21-23(13)34-10-9-26(21,4)5)22(31)20-15(3)29-30(6)24(20)33-25(32)17-8-7-16(27)12-19(17)28/h7-8,11-12H,9-10H2,1-6H3. The van der Waals surface area contributed by atoms with E-state index in [-0.39, 0.29) is 33.2 Å². The summed E-state index contributed by atoms with van der Waals surface area (Å²) in [6.45, 7) is 10.2. The molecule has 0 saturated carbocycles.